The van der Waals surface area contributed by atoms with E-state index in [0.29, 0.717) is 17.5 Å². The largest absolute Gasteiger partial charge is 0.456 e. The number of aromatic nitrogens is 4. The normalized spacial score (nSPS) is 12.3. The van der Waals surface area contributed by atoms with Gasteiger partial charge in [-0.15, -0.1) is 11.3 Å². The Bertz CT molecular complexity index is 4120. The third-order valence-electron chi connectivity index (χ3n) is 12.6. The van der Waals surface area contributed by atoms with Gasteiger partial charge >= 0.3 is 0 Å². The molecular formula is C55H30N4OS. The molecule has 0 fully saturated rings. The maximum Gasteiger partial charge on any atom is 0.165 e. The lowest BCUT2D eigenvalue weighted by Crippen LogP contribution is -2.00. The van der Waals surface area contributed by atoms with Gasteiger partial charge in [0.25, 0.3) is 0 Å². The van der Waals surface area contributed by atoms with Crippen molar-refractivity contribution in [3.63, 3.8) is 0 Å². The van der Waals surface area contributed by atoms with Crippen LogP contribution in [0.25, 0.3) is 136 Å². The first-order valence-electron chi connectivity index (χ1n) is 20.5. The van der Waals surface area contributed by atoms with Gasteiger partial charge in [0.2, 0.25) is 0 Å². The van der Waals surface area contributed by atoms with Gasteiger partial charge in [-0.05, 0) is 75.5 Å². The predicted molar refractivity (Wildman–Crippen MR) is 254 cm³/mol. The third-order valence-corrected chi connectivity index (χ3v) is 13.8. The van der Waals surface area contributed by atoms with Crippen LogP contribution < -0.4 is 0 Å². The van der Waals surface area contributed by atoms with Gasteiger partial charge in [-0.2, -0.15) is 0 Å². The second kappa shape index (κ2) is 12.3. The molecule has 6 heteroatoms. The van der Waals surface area contributed by atoms with Crippen LogP contribution in [0.15, 0.2) is 186 Å². The quantitative estimate of drug-likeness (QED) is 0.167. The van der Waals surface area contributed by atoms with Crippen molar-refractivity contribution in [1.29, 1.82) is 0 Å². The number of hydrogen-bond donors (Lipinski definition) is 0. The van der Waals surface area contributed by atoms with E-state index < -0.39 is 0 Å². The minimum absolute atomic E-state index is 0.599. The van der Waals surface area contributed by atoms with Crippen LogP contribution in [0.3, 0.4) is 0 Å². The molecule has 0 unspecified atom stereocenters. The van der Waals surface area contributed by atoms with Gasteiger partial charge in [0.1, 0.15) is 11.2 Å². The lowest BCUT2D eigenvalue weighted by atomic mass is 9.91. The molecule has 0 saturated heterocycles. The van der Waals surface area contributed by atoms with Crippen molar-refractivity contribution in [3.05, 3.63) is 182 Å². The van der Waals surface area contributed by atoms with Gasteiger partial charge in [-0.25, -0.2) is 15.0 Å². The highest BCUT2D eigenvalue weighted by atomic mass is 32.1. The zero-order chi connectivity index (χ0) is 39.8. The Labute approximate surface area is 351 Å². The van der Waals surface area contributed by atoms with E-state index in [0.717, 1.165) is 49.0 Å². The molecule has 14 aromatic rings. The molecule has 4 aromatic heterocycles. The molecule has 0 N–H and O–H groups in total. The fourth-order valence-electron chi connectivity index (χ4n) is 10.00. The van der Waals surface area contributed by atoms with Crippen LogP contribution in [0, 0.1) is 0 Å². The van der Waals surface area contributed by atoms with Crippen LogP contribution in [0.1, 0.15) is 0 Å². The van der Waals surface area contributed by atoms with Gasteiger partial charge in [0.15, 0.2) is 17.5 Å². The average Bonchev–Trinajstić information content (AvgIpc) is 4.00. The van der Waals surface area contributed by atoms with Crippen molar-refractivity contribution in [2.24, 2.45) is 0 Å². The van der Waals surface area contributed by atoms with Crippen molar-refractivity contribution < 1.29 is 4.42 Å². The van der Waals surface area contributed by atoms with E-state index >= 15 is 0 Å². The number of nitrogens with zero attached hydrogens (tertiary/aromatic N) is 4. The highest BCUT2D eigenvalue weighted by Gasteiger charge is 2.24. The molecule has 61 heavy (non-hydrogen) atoms. The minimum Gasteiger partial charge on any atom is -0.456 e. The first-order chi connectivity index (χ1) is 30.2. The first kappa shape index (κ1) is 33.0. The summed E-state index contributed by atoms with van der Waals surface area (Å²) < 4.78 is 11.5. The van der Waals surface area contributed by atoms with E-state index in [-0.39, 0.29) is 0 Å². The summed E-state index contributed by atoms with van der Waals surface area (Å²) in [6.07, 6.45) is 0. The zero-order valence-electron chi connectivity index (χ0n) is 32.4. The van der Waals surface area contributed by atoms with Gasteiger partial charge in [-0.1, -0.05) is 133 Å². The molecule has 5 nitrogen and oxygen atoms in total. The van der Waals surface area contributed by atoms with Crippen LogP contribution in [0.2, 0.25) is 0 Å². The number of benzene rings is 10. The fraction of sp³-hybridized carbons (Fsp3) is 0. The summed E-state index contributed by atoms with van der Waals surface area (Å²) in [7, 11) is 0. The first-order valence-corrected chi connectivity index (χ1v) is 21.3. The molecule has 0 aliphatic rings. The Kier molecular flexibility index (Phi) is 6.65. The monoisotopic (exact) mass is 794 g/mol. The molecule has 0 saturated carbocycles. The second-order valence-corrected chi connectivity index (χ2v) is 16.9. The lowest BCUT2D eigenvalue weighted by Gasteiger charge is -2.12. The van der Waals surface area contributed by atoms with Crippen molar-refractivity contribution in [2.75, 3.05) is 0 Å². The lowest BCUT2D eigenvalue weighted by molar-refractivity contribution is 0.669. The fourth-order valence-corrected chi connectivity index (χ4v) is 11.2. The molecule has 282 valence electrons. The summed E-state index contributed by atoms with van der Waals surface area (Å²) in [5.41, 5.74) is 7.83. The molecule has 0 aliphatic carbocycles. The Morgan fingerprint density at radius 1 is 0.393 bits per heavy atom. The minimum atomic E-state index is 0.599. The summed E-state index contributed by atoms with van der Waals surface area (Å²) in [6.45, 7) is 0. The number of thiophene rings is 1. The molecule has 0 aliphatic heterocycles. The van der Waals surface area contributed by atoms with E-state index in [1.807, 2.05) is 30.3 Å². The number of fused-ring (bicyclic) bond motifs is 11. The Morgan fingerprint density at radius 3 is 1.97 bits per heavy atom. The zero-order valence-corrected chi connectivity index (χ0v) is 33.2. The van der Waals surface area contributed by atoms with E-state index in [9.17, 15) is 0 Å². The van der Waals surface area contributed by atoms with Gasteiger partial charge in [0.05, 0.1) is 11.0 Å². The summed E-state index contributed by atoms with van der Waals surface area (Å²) in [6, 6.07) is 64.7. The summed E-state index contributed by atoms with van der Waals surface area (Å²) >= 11 is 1.78. The maximum atomic E-state index is 6.65. The molecule has 14 rings (SSSR count). The highest BCUT2D eigenvalue weighted by Crippen LogP contribution is 2.47. The second-order valence-electron chi connectivity index (χ2n) is 15.9. The molecule has 0 atom stereocenters. The predicted octanol–water partition coefficient (Wildman–Crippen LogP) is 15.1. The maximum absolute atomic E-state index is 6.65. The number of rotatable bonds is 4. The van der Waals surface area contributed by atoms with E-state index in [2.05, 4.69) is 156 Å². The molecule has 0 radical (unpaired) electrons. The van der Waals surface area contributed by atoms with Crippen molar-refractivity contribution in [2.45, 2.75) is 0 Å². The number of furan rings is 1. The standard InChI is InChI=1S/C55H30N4OS/c1-2-13-31(14-3-1)53-56-54(58-55(57-53)41-23-10-21-39-36-18-8-9-26-47(36)61-52(39)41)40-22-12-25-46-48(40)42-30-33(27-28-45(42)60-46)59-43-24-11-20-38-35-17-6-7-19-37(35)49-34-16-5-4-15-32(34)29-44(59)51(49)50(38)43/h1-30H. The smallest absolute Gasteiger partial charge is 0.165 e. The molecule has 0 spiro atoms. The average molecular weight is 795 g/mol. The van der Waals surface area contributed by atoms with E-state index in [1.54, 1.807) is 11.3 Å². The molecule has 0 bridgehead atoms. The van der Waals surface area contributed by atoms with Gasteiger partial charge < -0.3 is 8.98 Å². The SMILES string of the molecule is c1ccc(-c2nc(-c3cccc4c3sc3ccccc34)nc(-c3cccc4oc5ccc(-n6c7cccc8c9ccccc9c9c%10ccccc%10cc6c9c87)cc5c34)n2)cc1. The van der Waals surface area contributed by atoms with Gasteiger partial charge in [0, 0.05) is 69.5 Å². The summed E-state index contributed by atoms with van der Waals surface area (Å²) in [5, 5.41) is 14.6. The highest BCUT2D eigenvalue weighted by molar-refractivity contribution is 7.26. The van der Waals surface area contributed by atoms with Crippen LogP contribution >= 0.6 is 11.3 Å². The van der Waals surface area contributed by atoms with Crippen LogP contribution in [0.4, 0.5) is 0 Å². The molecule has 4 heterocycles. The summed E-state index contributed by atoms with van der Waals surface area (Å²) in [4.78, 5) is 15.7. The molecule has 0 amide bonds. The topological polar surface area (TPSA) is 56.7 Å². The van der Waals surface area contributed by atoms with Crippen LogP contribution in [-0.4, -0.2) is 19.5 Å². The molecular weight excluding hydrogens is 765 g/mol. The van der Waals surface area contributed by atoms with Crippen LogP contribution in [-0.2, 0) is 0 Å². The molecule has 10 aromatic carbocycles. The Hall–Kier alpha value is -7.93. The van der Waals surface area contributed by atoms with E-state index in [4.69, 9.17) is 19.4 Å². The number of hydrogen-bond acceptors (Lipinski definition) is 5. The van der Waals surface area contributed by atoms with Crippen molar-refractivity contribution in [1.82, 2.24) is 19.5 Å². The Balaban J connectivity index is 1.04. The van der Waals surface area contributed by atoms with Gasteiger partial charge in [-0.3, -0.25) is 0 Å². The summed E-state index contributed by atoms with van der Waals surface area (Å²) in [5.74, 6) is 1.86. The van der Waals surface area contributed by atoms with Crippen molar-refractivity contribution in [3.8, 4) is 39.9 Å². The van der Waals surface area contributed by atoms with Crippen LogP contribution in [0.5, 0.6) is 0 Å². The Morgan fingerprint density at radius 2 is 1.07 bits per heavy atom. The van der Waals surface area contributed by atoms with E-state index in [1.165, 1.54) is 69.6 Å². The third kappa shape index (κ3) is 4.62. The van der Waals surface area contributed by atoms with Crippen molar-refractivity contribution >= 4 is 108 Å².